The third kappa shape index (κ3) is 3.18. The molecule has 114 valence electrons. The van der Waals surface area contributed by atoms with Crippen molar-refractivity contribution in [1.82, 2.24) is 4.90 Å². The molecule has 0 saturated carbocycles. The maximum absolute atomic E-state index is 10.9. The van der Waals surface area contributed by atoms with E-state index >= 15 is 0 Å². The molecule has 0 radical (unpaired) electrons. The van der Waals surface area contributed by atoms with E-state index in [2.05, 4.69) is 17.0 Å². The summed E-state index contributed by atoms with van der Waals surface area (Å²) in [6.45, 7) is 0.944. The maximum atomic E-state index is 10.9. The van der Waals surface area contributed by atoms with Gasteiger partial charge in [0.2, 0.25) is 0 Å². The Hall–Kier alpha value is -2.19. The number of hydrogen-bond donors (Lipinski definition) is 1. The van der Waals surface area contributed by atoms with Crippen molar-refractivity contribution in [3.05, 3.63) is 34.9 Å². The Balaban J connectivity index is 1.62. The van der Waals surface area contributed by atoms with Gasteiger partial charge in [-0.05, 0) is 24.1 Å². The Kier molecular flexibility index (Phi) is 3.95. The van der Waals surface area contributed by atoms with Crippen LogP contribution in [0.4, 0.5) is 4.79 Å². The number of rotatable bonds is 0. The molecule has 1 spiro atoms. The largest absolute Gasteiger partial charge is 0.465 e. The van der Waals surface area contributed by atoms with Crippen molar-refractivity contribution in [1.29, 1.82) is 0 Å². The fourth-order valence-electron chi connectivity index (χ4n) is 2.67. The summed E-state index contributed by atoms with van der Waals surface area (Å²) in [5.74, 6) is 6.04. The van der Waals surface area contributed by atoms with E-state index in [1.807, 2.05) is 12.1 Å². The van der Waals surface area contributed by atoms with Crippen molar-refractivity contribution < 1.29 is 14.7 Å². The van der Waals surface area contributed by atoms with E-state index in [9.17, 15) is 4.79 Å². The predicted octanol–water partition coefficient (Wildman–Crippen LogP) is 2.98. The van der Waals surface area contributed by atoms with Gasteiger partial charge in [0.25, 0.3) is 0 Å². The number of carbonyl (C=O) groups is 1. The Labute approximate surface area is 133 Å². The molecular formula is C16H15ClN2O3. The lowest BCUT2D eigenvalue weighted by atomic mass is 9.87. The Morgan fingerprint density at radius 2 is 2.14 bits per heavy atom. The van der Waals surface area contributed by atoms with Crippen LogP contribution < -0.4 is 0 Å². The molecule has 1 N–H and O–H groups in total. The molecule has 0 unspecified atom stereocenters. The second kappa shape index (κ2) is 5.90. The Bertz CT molecular complexity index is 682. The van der Waals surface area contributed by atoms with Gasteiger partial charge >= 0.3 is 6.09 Å². The molecule has 0 aromatic heterocycles. The van der Waals surface area contributed by atoms with Gasteiger partial charge < -0.3 is 14.8 Å². The molecule has 2 heterocycles. The van der Waals surface area contributed by atoms with Gasteiger partial charge in [0.15, 0.2) is 0 Å². The minimum atomic E-state index is -0.880. The first-order valence-electron chi connectivity index (χ1n) is 7.07. The Morgan fingerprint density at radius 1 is 1.36 bits per heavy atom. The van der Waals surface area contributed by atoms with Crippen LogP contribution in [0, 0.1) is 11.8 Å². The van der Waals surface area contributed by atoms with Crippen LogP contribution in [-0.2, 0) is 4.84 Å². The minimum Gasteiger partial charge on any atom is -0.465 e. The molecule has 1 fully saturated rings. The summed E-state index contributed by atoms with van der Waals surface area (Å²) in [6.07, 6.45) is 1.04. The third-order valence-electron chi connectivity index (χ3n) is 3.96. The number of carboxylic acid groups (broad SMARTS) is 1. The molecule has 2 aliphatic heterocycles. The zero-order valence-corrected chi connectivity index (χ0v) is 12.6. The third-order valence-corrected chi connectivity index (χ3v) is 4.20. The monoisotopic (exact) mass is 318 g/mol. The van der Waals surface area contributed by atoms with Crippen molar-refractivity contribution in [3.8, 4) is 11.8 Å². The first-order chi connectivity index (χ1) is 10.6. The molecule has 0 aliphatic carbocycles. The summed E-state index contributed by atoms with van der Waals surface area (Å²) in [6, 6.07) is 7.33. The highest BCUT2D eigenvalue weighted by molar-refractivity contribution is 6.30. The van der Waals surface area contributed by atoms with Crippen LogP contribution in [0.15, 0.2) is 29.4 Å². The molecule has 2 aliphatic rings. The van der Waals surface area contributed by atoms with E-state index in [1.54, 1.807) is 12.1 Å². The summed E-state index contributed by atoms with van der Waals surface area (Å²) in [5, 5.41) is 13.7. The van der Waals surface area contributed by atoms with Crippen LogP contribution in [0.2, 0.25) is 5.02 Å². The van der Waals surface area contributed by atoms with E-state index < -0.39 is 6.09 Å². The maximum Gasteiger partial charge on any atom is 0.407 e. The first kappa shape index (κ1) is 14.7. The summed E-state index contributed by atoms with van der Waals surface area (Å²) in [5.41, 5.74) is 1.14. The second-order valence-corrected chi connectivity index (χ2v) is 5.96. The predicted molar refractivity (Wildman–Crippen MR) is 83.0 cm³/mol. The topological polar surface area (TPSA) is 62.1 Å². The molecule has 0 bridgehead atoms. The highest BCUT2D eigenvalue weighted by atomic mass is 35.5. The van der Waals surface area contributed by atoms with E-state index in [-0.39, 0.29) is 5.60 Å². The van der Waals surface area contributed by atoms with Gasteiger partial charge in [-0.15, -0.1) is 0 Å². The van der Waals surface area contributed by atoms with Gasteiger partial charge in [0.05, 0.1) is 0 Å². The minimum absolute atomic E-state index is 0.385. The normalized spacial score (nSPS) is 19.1. The summed E-state index contributed by atoms with van der Waals surface area (Å²) in [7, 11) is 0. The second-order valence-electron chi connectivity index (χ2n) is 5.52. The summed E-state index contributed by atoms with van der Waals surface area (Å²) in [4.78, 5) is 17.9. The van der Waals surface area contributed by atoms with Gasteiger partial charge in [-0.25, -0.2) is 4.79 Å². The van der Waals surface area contributed by atoms with Crippen LogP contribution >= 0.6 is 11.6 Å². The van der Waals surface area contributed by atoms with Gasteiger partial charge in [0.1, 0.15) is 11.3 Å². The van der Waals surface area contributed by atoms with Crippen molar-refractivity contribution >= 4 is 23.4 Å². The number of likely N-dealkylation sites (tertiary alicyclic amines) is 1. The van der Waals surface area contributed by atoms with Crippen molar-refractivity contribution in [2.75, 3.05) is 13.1 Å². The average molecular weight is 319 g/mol. The number of halogens is 1. The standard InChI is InChI=1S/C16H15ClN2O3/c17-13-3-1-2-12(10-13)4-5-14-11-16(22-18-14)6-8-19(9-7-16)15(20)21/h1-3,10H,6-9,11H2,(H,20,21). The molecule has 1 aromatic carbocycles. The molecule has 6 heteroatoms. The smallest absolute Gasteiger partial charge is 0.407 e. The summed E-state index contributed by atoms with van der Waals surface area (Å²) >= 11 is 5.92. The molecular weight excluding hydrogens is 304 g/mol. The van der Waals surface area contributed by atoms with Gasteiger partial charge in [-0.2, -0.15) is 0 Å². The zero-order chi connectivity index (χ0) is 15.6. The van der Waals surface area contributed by atoms with Crippen molar-refractivity contribution in [2.45, 2.75) is 24.9 Å². The molecule has 22 heavy (non-hydrogen) atoms. The summed E-state index contributed by atoms with van der Waals surface area (Å²) < 4.78 is 0. The van der Waals surface area contributed by atoms with Gasteiger partial charge in [0, 0.05) is 42.9 Å². The number of nitrogens with zero attached hydrogens (tertiary/aromatic N) is 2. The highest BCUT2D eigenvalue weighted by Gasteiger charge is 2.42. The van der Waals surface area contributed by atoms with E-state index in [0.717, 1.165) is 5.56 Å². The van der Waals surface area contributed by atoms with Crippen LogP contribution in [0.5, 0.6) is 0 Å². The fourth-order valence-corrected chi connectivity index (χ4v) is 2.86. The van der Waals surface area contributed by atoms with E-state index in [0.29, 0.717) is 43.1 Å². The quantitative estimate of drug-likeness (QED) is 0.748. The number of piperidine rings is 1. The SMILES string of the molecule is O=C(O)N1CCC2(CC1)CC(C#Cc1cccc(Cl)c1)=NO2. The number of amides is 1. The molecule has 0 atom stereocenters. The van der Waals surface area contributed by atoms with E-state index in [4.69, 9.17) is 21.5 Å². The Morgan fingerprint density at radius 3 is 2.82 bits per heavy atom. The molecule has 1 aromatic rings. The molecule has 1 amide bonds. The van der Waals surface area contributed by atoms with Gasteiger partial charge in [-0.1, -0.05) is 28.7 Å². The molecule has 3 rings (SSSR count). The number of benzene rings is 1. The average Bonchev–Trinajstić information content (AvgIpc) is 2.89. The molecule has 5 nitrogen and oxygen atoms in total. The lowest BCUT2D eigenvalue weighted by molar-refractivity contribution is -0.0576. The van der Waals surface area contributed by atoms with Crippen LogP contribution in [-0.4, -0.2) is 40.5 Å². The molecule has 1 saturated heterocycles. The van der Waals surface area contributed by atoms with Crippen LogP contribution in [0.25, 0.3) is 0 Å². The van der Waals surface area contributed by atoms with Gasteiger partial charge in [-0.3, -0.25) is 0 Å². The zero-order valence-electron chi connectivity index (χ0n) is 11.9. The van der Waals surface area contributed by atoms with Crippen molar-refractivity contribution in [2.24, 2.45) is 5.16 Å². The van der Waals surface area contributed by atoms with E-state index in [1.165, 1.54) is 4.90 Å². The first-order valence-corrected chi connectivity index (χ1v) is 7.45. The number of oxime groups is 1. The number of hydrogen-bond acceptors (Lipinski definition) is 3. The highest BCUT2D eigenvalue weighted by Crippen LogP contribution is 2.34. The fraction of sp³-hybridized carbons (Fsp3) is 0.375. The van der Waals surface area contributed by atoms with Crippen LogP contribution in [0.1, 0.15) is 24.8 Å². The lowest BCUT2D eigenvalue weighted by Gasteiger charge is -2.35. The van der Waals surface area contributed by atoms with Crippen LogP contribution in [0.3, 0.4) is 0 Å². The van der Waals surface area contributed by atoms with Crippen molar-refractivity contribution in [3.63, 3.8) is 0 Å². The lowest BCUT2D eigenvalue weighted by Crippen LogP contribution is -2.46.